The first-order valence-electron chi connectivity index (χ1n) is 6.05. The number of carboxylic acids is 1. The number of rotatable bonds is 5. The Balaban J connectivity index is 2.74. The minimum atomic E-state index is -0.965. The van der Waals surface area contributed by atoms with Gasteiger partial charge in [0.25, 0.3) is 0 Å². The molecule has 0 bridgehead atoms. The van der Waals surface area contributed by atoms with Crippen molar-refractivity contribution in [3.05, 3.63) is 28.5 Å². The Labute approximate surface area is 124 Å². The molecular formula is C13H16BrFN2O3. The summed E-state index contributed by atoms with van der Waals surface area (Å²) in [4.78, 5) is 24.1. The molecule has 0 saturated heterocycles. The third-order valence-corrected chi connectivity index (χ3v) is 3.23. The van der Waals surface area contributed by atoms with E-state index < -0.39 is 17.8 Å². The zero-order valence-electron chi connectivity index (χ0n) is 11.2. The average molecular weight is 347 g/mol. The number of carboxylic acid groups (broad SMARTS) is 1. The SMILES string of the molecule is CC(C)N(CCC(=O)O)C(=O)Nc1ccc(F)c(Br)c1. The number of anilines is 1. The van der Waals surface area contributed by atoms with E-state index in [0.29, 0.717) is 5.69 Å². The molecule has 0 spiro atoms. The van der Waals surface area contributed by atoms with Gasteiger partial charge in [-0.3, -0.25) is 4.79 Å². The summed E-state index contributed by atoms with van der Waals surface area (Å²) in [5, 5.41) is 11.3. The molecule has 2 N–H and O–H groups in total. The fourth-order valence-electron chi connectivity index (χ4n) is 1.58. The number of halogens is 2. The second kappa shape index (κ2) is 7.23. The monoisotopic (exact) mass is 346 g/mol. The Hall–Kier alpha value is -1.63. The quantitative estimate of drug-likeness (QED) is 0.859. The molecule has 0 heterocycles. The minimum absolute atomic E-state index is 0.112. The Bertz CT molecular complexity index is 508. The van der Waals surface area contributed by atoms with Gasteiger partial charge in [0.2, 0.25) is 0 Å². The zero-order valence-corrected chi connectivity index (χ0v) is 12.8. The van der Waals surface area contributed by atoms with Crippen molar-refractivity contribution in [3.8, 4) is 0 Å². The second-order valence-corrected chi connectivity index (χ2v) is 5.34. The lowest BCUT2D eigenvalue weighted by atomic mass is 10.3. The number of carbonyl (C=O) groups excluding carboxylic acids is 1. The van der Waals surface area contributed by atoms with Crippen LogP contribution in [0.4, 0.5) is 14.9 Å². The van der Waals surface area contributed by atoms with Crippen LogP contribution < -0.4 is 5.32 Å². The van der Waals surface area contributed by atoms with E-state index in [1.54, 1.807) is 13.8 Å². The summed E-state index contributed by atoms with van der Waals surface area (Å²) in [6.45, 7) is 3.70. The fraction of sp³-hybridized carbons (Fsp3) is 0.385. The van der Waals surface area contributed by atoms with Crippen molar-refractivity contribution in [3.63, 3.8) is 0 Å². The molecule has 1 rings (SSSR count). The Morgan fingerprint density at radius 3 is 2.60 bits per heavy atom. The average Bonchev–Trinajstić information content (AvgIpc) is 2.33. The Morgan fingerprint density at radius 1 is 1.45 bits per heavy atom. The lowest BCUT2D eigenvalue weighted by Crippen LogP contribution is -2.41. The molecule has 0 saturated carbocycles. The summed E-state index contributed by atoms with van der Waals surface area (Å²) in [5.74, 6) is -1.39. The number of aliphatic carboxylic acids is 1. The number of hydrogen-bond donors (Lipinski definition) is 2. The lowest BCUT2D eigenvalue weighted by Gasteiger charge is -2.26. The highest BCUT2D eigenvalue weighted by molar-refractivity contribution is 9.10. The van der Waals surface area contributed by atoms with Crippen LogP contribution in [0.2, 0.25) is 0 Å². The molecule has 0 aliphatic carbocycles. The van der Waals surface area contributed by atoms with Crippen molar-refractivity contribution in [2.24, 2.45) is 0 Å². The third kappa shape index (κ3) is 4.80. The molecule has 110 valence electrons. The molecule has 0 aliphatic rings. The number of carbonyl (C=O) groups is 2. The molecule has 0 aromatic heterocycles. The van der Waals surface area contributed by atoms with Gasteiger partial charge in [0.1, 0.15) is 5.82 Å². The Kier molecular flexibility index (Phi) is 5.94. The van der Waals surface area contributed by atoms with Crippen LogP contribution in [0.15, 0.2) is 22.7 Å². The predicted molar refractivity (Wildman–Crippen MR) is 77.2 cm³/mol. The third-order valence-electron chi connectivity index (χ3n) is 2.62. The van der Waals surface area contributed by atoms with Gasteiger partial charge in [-0.25, -0.2) is 9.18 Å². The zero-order chi connectivity index (χ0) is 15.3. The second-order valence-electron chi connectivity index (χ2n) is 4.49. The topological polar surface area (TPSA) is 69.6 Å². The molecule has 1 aromatic carbocycles. The Morgan fingerprint density at radius 2 is 2.10 bits per heavy atom. The van der Waals surface area contributed by atoms with Crippen molar-refractivity contribution in [2.75, 3.05) is 11.9 Å². The van der Waals surface area contributed by atoms with Crippen molar-refractivity contribution in [2.45, 2.75) is 26.3 Å². The van der Waals surface area contributed by atoms with Gasteiger partial charge in [-0.2, -0.15) is 0 Å². The van der Waals surface area contributed by atoms with E-state index in [4.69, 9.17) is 5.11 Å². The van der Waals surface area contributed by atoms with Gasteiger partial charge in [0, 0.05) is 18.3 Å². The van der Waals surface area contributed by atoms with E-state index in [1.807, 2.05) is 0 Å². The summed E-state index contributed by atoms with van der Waals surface area (Å²) < 4.78 is 13.3. The van der Waals surface area contributed by atoms with Crippen LogP contribution >= 0.6 is 15.9 Å². The molecule has 5 nitrogen and oxygen atoms in total. The highest BCUT2D eigenvalue weighted by Crippen LogP contribution is 2.20. The summed E-state index contributed by atoms with van der Waals surface area (Å²) in [5.41, 5.74) is 0.434. The summed E-state index contributed by atoms with van der Waals surface area (Å²) >= 11 is 3.03. The van der Waals surface area contributed by atoms with Crippen LogP contribution in [-0.2, 0) is 4.79 Å². The van der Waals surface area contributed by atoms with Gasteiger partial charge < -0.3 is 15.3 Å². The maximum absolute atomic E-state index is 13.1. The van der Waals surface area contributed by atoms with E-state index >= 15 is 0 Å². The number of urea groups is 1. The first kappa shape index (κ1) is 16.4. The van der Waals surface area contributed by atoms with Crippen molar-refractivity contribution >= 4 is 33.6 Å². The van der Waals surface area contributed by atoms with Gasteiger partial charge in [0.15, 0.2) is 0 Å². The van der Waals surface area contributed by atoms with E-state index in [-0.39, 0.29) is 23.5 Å². The highest BCUT2D eigenvalue weighted by atomic mass is 79.9. The number of hydrogen-bond acceptors (Lipinski definition) is 2. The summed E-state index contributed by atoms with van der Waals surface area (Å²) in [6.07, 6.45) is -0.126. The van der Waals surface area contributed by atoms with Gasteiger partial charge >= 0.3 is 12.0 Å². The van der Waals surface area contributed by atoms with Crippen LogP contribution in [0.3, 0.4) is 0 Å². The molecular weight excluding hydrogens is 331 g/mol. The van der Waals surface area contributed by atoms with Crippen LogP contribution in [0.5, 0.6) is 0 Å². The first-order chi connectivity index (χ1) is 9.31. The predicted octanol–water partition coefficient (Wildman–Crippen LogP) is 3.31. The van der Waals surface area contributed by atoms with Crippen LogP contribution in [0.25, 0.3) is 0 Å². The standard InChI is InChI=1S/C13H16BrFN2O3/c1-8(2)17(6-5-12(18)19)13(20)16-9-3-4-11(15)10(14)7-9/h3-4,7-8H,5-6H2,1-2H3,(H,16,20)(H,18,19). The molecule has 0 aliphatic heterocycles. The highest BCUT2D eigenvalue weighted by Gasteiger charge is 2.18. The van der Waals surface area contributed by atoms with Gasteiger partial charge in [0.05, 0.1) is 10.9 Å². The number of amides is 2. The molecule has 0 atom stereocenters. The van der Waals surface area contributed by atoms with Gasteiger partial charge in [-0.05, 0) is 48.0 Å². The summed E-state index contributed by atoms with van der Waals surface area (Å²) in [7, 11) is 0. The van der Waals surface area contributed by atoms with Crippen LogP contribution in [-0.4, -0.2) is 34.6 Å². The summed E-state index contributed by atoms with van der Waals surface area (Å²) in [6, 6.07) is 3.56. The van der Waals surface area contributed by atoms with Crippen molar-refractivity contribution < 1.29 is 19.1 Å². The lowest BCUT2D eigenvalue weighted by molar-refractivity contribution is -0.137. The molecule has 0 fully saturated rings. The number of nitrogens with zero attached hydrogens (tertiary/aromatic N) is 1. The number of benzene rings is 1. The van der Waals surface area contributed by atoms with E-state index in [0.717, 1.165) is 0 Å². The first-order valence-corrected chi connectivity index (χ1v) is 6.85. The maximum Gasteiger partial charge on any atom is 0.322 e. The van der Waals surface area contributed by atoms with E-state index in [2.05, 4.69) is 21.2 Å². The van der Waals surface area contributed by atoms with Crippen LogP contribution in [0.1, 0.15) is 20.3 Å². The molecule has 2 amide bonds. The molecule has 20 heavy (non-hydrogen) atoms. The normalized spacial score (nSPS) is 10.4. The minimum Gasteiger partial charge on any atom is -0.481 e. The van der Waals surface area contributed by atoms with Crippen molar-refractivity contribution in [1.82, 2.24) is 4.90 Å². The van der Waals surface area contributed by atoms with Crippen molar-refractivity contribution in [1.29, 1.82) is 0 Å². The molecule has 0 radical (unpaired) electrons. The fourth-order valence-corrected chi connectivity index (χ4v) is 1.96. The largest absolute Gasteiger partial charge is 0.481 e. The molecule has 0 unspecified atom stereocenters. The van der Waals surface area contributed by atoms with Gasteiger partial charge in [-0.15, -0.1) is 0 Å². The van der Waals surface area contributed by atoms with E-state index in [1.165, 1.54) is 23.1 Å². The number of nitrogens with one attached hydrogen (secondary N) is 1. The maximum atomic E-state index is 13.1. The van der Waals surface area contributed by atoms with Crippen LogP contribution in [0, 0.1) is 5.82 Å². The van der Waals surface area contributed by atoms with E-state index in [9.17, 15) is 14.0 Å². The van der Waals surface area contributed by atoms with Gasteiger partial charge in [-0.1, -0.05) is 0 Å². The smallest absolute Gasteiger partial charge is 0.322 e. The molecule has 7 heteroatoms. The molecule has 1 aromatic rings.